The zero-order chi connectivity index (χ0) is 8.69. The third-order valence-electron chi connectivity index (χ3n) is 1.42. The monoisotopic (exact) mass is 154 g/mol. The molecule has 1 N–H and O–H groups in total. The van der Waals surface area contributed by atoms with E-state index in [4.69, 9.17) is 5.11 Å². The number of hydrogen-bond acceptors (Lipinski definition) is 2. The summed E-state index contributed by atoms with van der Waals surface area (Å²) in [6.45, 7) is 3.73. The molecule has 0 aliphatic heterocycles. The number of hydrogen-bond donors (Lipinski definition) is 1. The first-order valence-electron chi connectivity index (χ1n) is 3.77. The summed E-state index contributed by atoms with van der Waals surface area (Å²) in [5.74, 6) is 5.23. The van der Waals surface area contributed by atoms with Crippen LogP contribution in [0.25, 0.3) is 0 Å². The molecule has 0 aliphatic rings. The predicted octanol–water partition coefficient (Wildman–Crippen LogP) is 0.987. The molecule has 0 bridgehead atoms. The van der Waals surface area contributed by atoms with Gasteiger partial charge in [0.25, 0.3) is 0 Å². The first-order valence-corrected chi connectivity index (χ1v) is 3.77. The Morgan fingerprint density at radius 2 is 2.27 bits per heavy atom. The van der Waals surface area contributed by atoms with Crippen molar-refractivity contribution in [2.24, 2.45) is 5.92 Å². The number of aliphatic hydroxyl groups is 1. The Labute approximate surface area is 67.6 Å². The SMILES string of the molecule is CC#CC(=O)CC(C)CCO. The topological polar surface area (TPSA) is 37.3 Å². The Morgan fingerprint density at radius 1 is 1.64 bits per heavy atom. The second kappa shape index (κ2) is 5.94. The van der Waals surface area contributed by atoms with Gasteiger partial charge in [0.1, 0.15) is 0 Å². The third-order valence-corrected chi connectivity index (χ3v) is 1.42. The minimum atomic E-state index is -0.0338. The molecule has 0 aliphatic carbocycles. The second-order valence-electron chi connectivity index (χ2n) is 2.62. The van der Waals surface area contributed by atoms with Crippen LogP contribution >= 0.6 is 0 Å². The fourth-order valence-electron chi connectivity index (χ4n) is 0.829. The van der Waals surface area contributed by atoms with Gasteiger partial charge in [-0.3, -0.25) is 4.79 Å². The fraction of sp³-hybridized carbons (Fsp3) is 0.667. The van der Waals surface area contributed by atoms with Gasteiger partial charge < -0.3 is 5.11 Å². The Kier molecular flexibility index (Phi) is 5.50. The molecule has 0 saturated carbocycles. The van der Waals surface area contributed by atoms with Gasteiger partial charge in [0, 0.05) is 13.0 Å². The third kappa shape index (κ3) is 5.63. The molecule has 0 aromatic rings. The molecule has 0 rings (SSSR count). The van der Waals surface area contributed by atoms with E-state index in [0.717, 1.165) is 0 Å². The van der Waals surface area contributed by atoms with Crippen LogP contribution < -0.4 is 0 Å². The van der Waals surface area contributed by atoms with E-state index in [1.807, 2.05) is 6.92 Å². The van der Waals surface area contributed by atoms with E-state index in [2.05, 4.69) is 11.8 Å². The predicted molar refractivity (Wildman–Crippen MR) is 43.9 cm³/mol. The molecular weight excluding hydrogens is 140 g/mol. The Hall–Kier alpha value is -0.810. The van der Waals surface area contributed by atoms with Crippen LogP contribution in [0.2, 0.25) is 0 Å². The molecule has 0 amide bonds. The molecule has 0 aromatic heterocycles. The number of rotatable bonds is 4. The van der Waals surface area contributed by atoms with Crippen molar-refractivity contribution in [3.8, 4) is 11.8 Å². The van der Waals surface area contributed by atoms with Gasteiger partial charge in [-0.15, -0.1) is 0 Å². The molecule has 62 valence electrons. The molecule has 1 unspecified atom stereocenters. The van der Waals surface area contributed by atoms with E-state index in [0.29, 0.717) is 12.8 Å². The minimum absolute atomic E-state index is 0.0338. The first-order chi connectivity index (χ1) is 5.20. The molecule has 2 nitrogen and oxygen atoms in total. The van der Waals surface area contributed by atoms with Gasteiger partial charge in [-0.2, -0.15) is 0 Å². The van der Waals surface area contributed by atoms with Gasteiger partial charge in [0.05, 0.1) is 0 Å². The quantitative estimate of drug-likeness (QED) is 0.484. The lowest BCUT2D eigenvalue weighted by molar-refractivity contribution is -0.114. The minimum Gasteiger partial charge on any atom is -0.396 e. The molecule has 0 radical (unpaired) electrons. The maximum absolute atomic E-state index is 10.9. The molecule has 0 heterocycles. The lowest BCUT2D eigenvalue weighted by Gasteiger charge is -2.04. The zero-order valence-electron chi connectivity index (χ0n) is 7.05. The zero-order valence-corrected chi connectivity index (χ0v) is 7.05. The van der Waals surface area contributed by atoms with Gasteiger partial charge in [-0.05, 0) is 25.2 Å². The van der Waals surface area contributed by atoms with E-state index >= 15 is 0 Å². The summed E-state index contributed by atoms with van der Waals surface area (Å²) in [6.07, 6.45) is 1.14. The van der Waals surface area contributed by atoms with Crippen molar-refractivity contribution in [2.45, 2.75) is 26.7 Å². The standard InChI is InChI=1S/C9H14O2/c1-3-4-9(11)7-8(2)5-6-10/h8,10H,5-7H2,1-2H3. The van der Waals surface area contributed by atoms with E-state index in [1.165, 1.54) is 0 Å². The van der Waals surface area contributed by atoms with Crippen LogP contribution in [0.5, 0.6) is 0 Å². The highest BCUT2D eigenvalue weighted by Gasteiger charge is 2.05. The summed E-state index contributed by atoms with van der Waals surface area (Å²) in [5, 5.41) is 8.53. The van der Waals surface area contributed by atoms with Crippen LogP contribution in [0, 0.1) is 17.8 Å². The second-order valence-corrected chi connectivity index (χ2v) is 2.62. The van der Waals surface area contributed by atoms with Crippen LogP contribution in [-0.2, 0) is 4.79 Å². The van der Waals surface area contributed by atoms with Gasteiger partial charge in [-0.25, -0.2) is 0 Å². The van der Waals surface area contributed by atoms with Crippen molar-refractivity contribution in [1.29, 1.82) is 0 Å². The van der Waals surface area contributed by atoms with Crippen molar-refractivity contribution in [3.63, 3.8) is 0 Å². The van der Waals surface area contributed by atoms with Gasteiger partial charge in [0.15, 0.2) is 0 Å². The van der Waals surface area contributed by atoms with Crippen LogP contribution in [0.15, 0.2) is 0 Å². The summed E-state index contributed by atoms with van der Waals surface area (Å²) in [7, 11) is 0. The molecule has 1 atom stereocenters. The highest BCUT2D eigenvalue weighted by Crippen LogP contribution is 2.06. The Balaban J connectivity index is 3.63. The van der Waals surface area contributed by atoms with E-state index in [-0.39, 0.29) is 18.3 Å². The Bertz CT molecular complexity index is 174. The molecule has 2 heteroatoms. The van der Waals surface area contributed by atoms with Crippen LogP contribution in [-0.4, -0.2) is 17.5 Å². The van der Waals surface area contributed by atoms with Crippen LogP contribution in [0.4, 0.5) is 0 Å². The Morgan fingerprint density at radius 3 is 2.73 bits per heavy atom. The van der Waals surface area contributed by atoms with Crippen molar-refractivity contribution in [3.05, 3.63) is 0 Å². The highest BCUT2D eigenvalue weighted by atomic mass is 16.3. The summed E-state index contributed by atoms with van der Waals surface area (Å²) in [5.41, 5.74) is 0. The maximum Gasteiger partial charge on any atom is 0.205 e. The first kappa shape index (κ1) is 10.2. The summed E-state index contributed by atoms with van der Waals surface area (Å²) in [6, 6.07) is 0. The number of aliphatic hydroxyl groups excluding tert-OH is 1. The molecule has 0 saturated heterocycles. The molecular formula is C9H14O2. The molecule has 0 fully saturated rings. The fourth-order valence-corrected chi connectivity index (χ4v) is 0.829. The average molecular weight is 154 g/mol. The smallest absolute Gasteiger partial charge is 0.205 e. The largest absolute Gasteiger partial charge is 0.396 e. The highest BCUT2D eigenvalue weighted by molar-refractivity contribution is 5.95. The lowest BCUT2D eigenvalue weighted by atomic mass is 10.0. The number of ketones is 1. The molecule has 0 aromatic carbocycles. The summed E-state index contributed by atoms with van der Waals surface area (Å²) >= 11 is 0. The molecule has 0 spiro atoms. The number of carbonyl (C=O) groups is 1. The van der Waals surface area contributed by atoms with Crippen molar-refractivity contribution >= 4 is 5.78 Å². The van der Waals surface area contributed by atoms with E-state index < -0.39 is 0 Å². The van der Waals surface area contributed by atoms with Gasteiger partial charge >= 0.3 is 0 Å². The average Bonchev–Trinajstić information content (AvgIpc) is 1.87. The van der Waals surface area contributed by atoms with Crippen LogP contribution in [0.1, 0.15) is 26.7 Å². The molecule has 11 heavy (non-hydrogen) atoms. The van der Waals surface area contributed by atoms with E-state index in [1.54, 1.807) is 6.92 Å². The van der Waals surface area contributed by atoms with E-state index in [9.17, 15) is 4.79 Å². The maximum atomic E-state index is 10.9. The number of carbonyl (C=O) groups excluding carboxylic acids is 1. The van der Waals surface area contributed by atoms with Crippen molar-refractivity contribution < 1.29 is 9.90 Å². The summed E-state index contributed by atoms with van der Waals surface area (Å²) in [4.78, 5) is 10.9. The van der Waals surface area contributed by atoms with Gasteiger partial charge in [0.2, 0.25) is 5.78 Å². The van der Waals surface area contributed by atoms with Crippen molar-refractivity contribution in [2.75, 3.05) is 6.61 Å². The van der Waals surface area contributed by atoms with Crippen molar-refractivity contribution in [1.82, 2.24) is 0 Å². The number of Topliss-reactive ketones (excluding diaryl/α,β-unsaturated/α-hetero) is 1. The lowest BCUT2D eigenvalue weighted by Crippen LogP contribution is -2.04. The van der Waals surface area contributed by atoms with Crippen LogP contribution in [0.3, 0.4) is 0 Å². The normalized spacial score (nSPS) is 11.5. The summed E-state index contributed by atoms with van der Waals surface area (Å²) < 4.78 is 0. The van der Waals surface area contributed by atoms with Gasteiger partial charge in [-0.1, -0.05) is 12.8 Å².